The van der Waals surface area contributed by atoms with Gasteiger partial charge in [-0.25, -0.2) is 0 Å². The van der Waals surface area contributed by atoms with Crippen LogP contribution in [0.25, 0.3) is 0 Å². The molecule has 0 fully saturated rings. The van der Waals surface area contributed by atoms with Gasteiger partial charge in [0.15, 0.2) is 0 Å². The third-order valence-corrected chi connectivity index (χ3v) is 2.94. The molecule has 0 aliphatic heterocycles. The van der Waals surface area contributed by atoms with E-state index in [9.17, 15) is 0 Å². The lowest BCUT2D eigenvalue weighted by Crippen LogP contribution is -2.30. The van der Waals surface area contributed by atoms with Gasteiger partial charge >= 0.3 is 0 Å². The zero-order valence-electron chi connectivity index (χ0n) is 11.2. The predicted molar refractivity (Wildman–Crippen MR) is 78.9 cm³/mol. The zero-order valence-corrected chi connectivity index (χ0v) is 12.7. The first-order valence-corrected chi connectivity index (χ1v) is 7.06. The third kappa shape index (κ3) is 6.48. The molecule has 18 heavy (non-hydrogen) atoms. The highest BCUT2D eigenvalue weighted by molar-refractivity contribution is 6.34. The number of ether oxygens (including phenoxy) is 1. The Balaban J connectivity index is 2.33. The SMILES string of the molecule is CC(C)CCNCC(C)Oc1cc(Cl)cc(Cl)c1. The number of hydrogen-bond donors (Lipinski definition) is 1. The molecule has 4 heteroatoms. The molecule has 0 heterocycles. The molecule has 2 nitrogen and oxygen atoms in total. The molecule has 1 aromatic carbocycles. The molecule has 0 amide bonds. The molecule has 1 unspecified atom stereocenters. The molecular formula is C14H21Cl2NO. The molecule has 1 N–H and O–H groups in total. The summed E-state index contributed by atoms with van der Waals surface area (Å²) in [5.74, 6) is 1.44. The first kappa shape index (κ1) is 15.6. The van der Waals surface area contributed by atoms with Crippen molar-refractivity contribution in [3.63, 3.8) is 0 Å². The maximum atomic E-state index is 5.92. The van der Waals surface area contributed by atoms with E-state index in [1.54, 1.807) is 18.2 Å². The minimum atomic E-state index is 0.0895. The van der Waals surface area contributed by atoms with Gasteiger partial charge in [0.25, 0.3) is 0 Å². The molecule has 0 saturated heterocycles. The van der Waals surface area contributed by atoms with E-state index in [2.05, 4.69) is 19.2 Å². The first-order valence-electron chi connectivity index (χ1n) is 6.31. The summed E-state index contributed by atoms with van der Waals surface area (Å²) in [5, 5.41) is 4.56. The van der Waals surface area contributed by atoms with E-state index in [-0.39, 0.29) is 6.10 Å². The van der Waals surface area contributed by atoms with Gasteiger partial charge in [-0.2, -0.15) is 0 Å². The number of benzene rings is 1. The molecule has 0 bridgehead atoms. The van der Waals surface area contributed by atoms with Gasteiger partial charge < -0.3 is 10.1 Å². The van der Waals surface area contributed by atoms with Gasteiger partial charge in [0, 0.05) is 16.6 Å². The smallest absolute Gasteiger partial charge is 0.122 e. The molecule has 0 saturated carbocycles. The highest BCUT2D eigenvalue weighted by Crippen LogP contribution is 2.24. The molecule has 0 aliphatic rings. The van der Waals surface area contributed by atoms with E-state index in [1.165, 1.54) is 6.42 Å². The summed E-state index contributed by atoms with van der Waals surface area (Å²) in [6.07, 6.45) is 1.27. The van der Waals surface area contributed by atoms with Crippen LogP contribution in [0.1, 0.15) is 27.2 Å². The molecule has 0 radical (unpaired) electrons. The van der Waals surface area contributed by atoms with Crippen LogP contribution in [0.5, 0.6) is 5.75 Å². The fourth-order valence-electron chi connectivity index (χ4n) is 1.57. The Hall–Kier alpha value is -0.440. The van der Waals surface area contributed by atoms with Crippen LogP contribution in [0.2, 0.25) is 10.0 Å². The van der Waals surface area contributed by atoms with E-state index in [1.807, 2.05) is 6.92 Å². The van der Waals surface area contributed by atoms with E-state index in [0.717, 1.165) is 19.0 Å². The highest BCUT2D eigenvalue weighted by Gasteiger charge is 2.05. The van der Waals surface area contributed by atoms with E-state index in [0.29, 0.717) is 15.8 Å². The van der Waals surface area contributed by atoms with Crippen LogP contribution in [0.3, 0.4) is 0 Å². The Labute approximate surface area is 120 Å². The van der Waals surface area contributed by atoms with Crippen molar-refractivity contribution in [1.82, 2.24) is 5.32 Å². The third-order valence-electron chi connectivity index (χ3n) is 2.50. The molecule has 1 aromatic rings. The van der Waals surface area contributed by atoms with E-state index < -0.39 is 0 Å². The van der Waals surface area contributed by atoms with Gasteiger partial charge in [0.2, 0.25) is 0 Å². The van der Waals surface area contributed by atoms with Crippen molar-refractivity contribution < 1.29 is 4.74 Å². The largest absolute Gasteiger partial charge is 0.489 e. The Morgan fingerprint density at radius 2 is 1.72 bits per heavy atom. The number of hydrogen-bond acceptors (Lipinski definition) is 2. The summed E-state index contributed by atoms with van der Waals surface area (Å²) < 4.78 is 5.75. The average molecular weight is 290 g/mol. The average Bonchev–Trinajstić information content (AvgIpc) is 2.22. The lowest BCUT2D eigenvalue weighted by Gasteiger charge is -2.16. The number of halogens is 2. The second kappa shape index (κ2) is 7.88. The fraction of sp³-hybridized carbons (Fsp3) is 0.571. The van der Waals surface area contributed by atoms with Gasteiger partial charge in [0.1, 0.15) is 11.9 Å². The van der Waals surface area contributed by atoms with Gasteiger partial charge in [-0.3, -0.25) is 0 Å². The Bertz CT molecular complexity index is 349. The van der Waals surface area contributed by atoms with Crippen molar-refractivity contribution in [2.45, 2.75) is 33.3 Å². The summed E-state index contributed by atoms with van der Waals surface area (Å²) in [7, 11) is 0. The minimum absolute atomic E-state index is 0.0895. The fourth-order valence-corrected chi connectivity index (χ4v) is 2.07. The Kier molecular flexibility index (Phi) is 6.83. The van der Waals surface area contributed by atoms with Crippen molar-refractivity contribution in [1.29, 1.82) is 0 Å². The second-order valence-corrected chi connectivity index (χ2v) is 5.79. The van der Waals surface area contributed by atoms with Crippen LogP contribution in [0.15, 0.2) is 18.2 Å². The standard InChI is InChI=1S/C14H21Cl2NO/c1-10(2)4-5-17-9-11(3)18-14-7-12(15)6-13(16)8-14/h6-8,10-11,17H,4-5,9H2,1-3H3. The van der Waals surface area contributed by atoms with E-state index >= 15 is 0 Å². The molecule has 0 aliphatic carbocycles. The summed E-state index contributed by atoms with van der Waals surface area (Å²) in [4.78, 5) is 0. The van der Waals surface area contributed by atoms with Crippen molar-refractivity contribution in [3.05, 3.63) is 28.2 Å². The van der Waals surface area contributed by atoms with Crippen molar-refractivity contribution in [2.75, 3.05) is 13.1 Å². The number of rotatable bonds is 7. The van der Waals surface area contributed by atoms with Gasteiger partial charge in [-0.1, -0.05) is 37.0 Å². The van der Waals surface area contributed by atoms with Gasteiger partial charge in [0.05, 0.1) is 0 Å². The Morgan fingerprint density at radius 1 is 1.11 bits per heavy atom. The van der Waals surface area contributed by atoms with Crippen molar-refractivity contribution >= 4 is 23.2 Å². The topological polar surface area (TPSA) is 21.3 Å². The van der Waals surface area contributed by atoms with Gasteiger partial charge in [-0.05, 0) is 44.0 Å². The molecular weight excluding hydrogens is 269 g/mol. The summed E-state index contributed by atoms with van der Waals surface area (Å²) in [6, 6.07) is 5.25. The summed E-state index contributed by atoms with van der Waals surface area (Å²) in [5.41, 5.74) is 0. The Morgan fingerprint density at radius 3 is 2.28 bits per heavy atom. The monoisotopic (exact) mass is 289 g/mol. The lowest BCUT2D eigenvalue weighted by molar-refractivity contribution is 0.216. The minimum Gasteiger partial charge on any atom is -0.489 e. The molecule has 0 aromatic heterocycles. The predicted octanol–water partition coefficient (Wildman–Crippen LogP) is 4.40. The summed E-state index contributed by atoms with van der Waals surface area (Å²) in [6.45, 7) is 8.29. The van der Waals surface area contributed by atoms with Crippen molar-refractivity contribution in [2.24, 2.45) is 5.92 Å². The van der Waals surface area contributed by atoms with Crippen LogP contribution in [-0.2, 0) is 0 Å². The molecule has 1 atom stereocenters. The van der Waals surface area contributed by atoms with Gasteiger partial charge in [-0.15, -0.1) is 0 Å². The van der Waals surface area contributed by atoms with E-state index in [4.69, 9.17) is 27.9 Å². The zero-order chi connectivity index (χ0) is 13.5. The van der Waals surface area contributed by atoms with Crippen LogP contribution in [-0.4, -0.2) is 19.2 Å². The second-order valence-electron chi connectivity index (χ2n) is 4.92. The summed E-state index contributed by atoms with van der Waals surface area (Å²) >= 11 is 11.8. The maximum absolute atomic E-state index is 5.92. The molecule has 1 rings (SSSR count). The maximum Gasteiger partial charge on any atom is 0.122 e. The quantitative estimate of drug-likeness (QED) is 0.752. The molecule has 102 valence electrons. The molecule has 0 spiro atoms. The highest BCUT2D eigenvalue weighted by atomic mass is 35.5. The van der Waals surface area contributed by atoms with Crippen molar-refractivity contribution in [3.8, 4) is 5.75 Å². The normalized spacial score (nSPS) is 12.8. The van der Waals surface area contributed by atoms with Crippen LogP contribution in [0, 0.1) is 5.92 Å². The van der Waals surface area contributed by atoms with Crippen LogP contribution in [0.4, 0.5) is 0 Å². The number of nitrogens with one attached hydrogen (secondary N) is 1. The first-order chi connectivity index (χ1) is 8.47. The van der Waals surface area contributed by atoms with Crippen LogP contribution < -0.4 is 10.1 Å². The van der Waals surface area contributed by atoms with Crippen LogP contribution >= 0.6 is 23.2 Å². The lowest BCUT2D eigenvalue weighted by atomic mass is 10.1.